The number of rotatable bonds is 6. The fourth-order valence-corrected chi connectivity index (χ4v) is 1.34. The molecule has 1 amide bonds. The second kappa shape index (κ2) is 7.43. The molecule has 0 aliphatic heterocycles. The average Bonchev–Trinajstić information content (AvgIpc) is 2.17. The van der Waals surface area contributed by atoms with Gasteiger partial charge < -0.3 is 14.7 Å². The fraction of sp³-hybridized carbons (Fsp3) is 0.727. The van der Waals surface area contributed by atoms with E-state index in [0.29, 0.717) is 12.1 Å². The van der Waals surface area contributed by atoms with Crippen molar-refractivity contribution in [2.45, 2.75) is 26.4 Å². The molecule has 0 spiro atoms. The average molecular weight is 215 g/mol. The lowest BCUT2D eigenvalue weighted by Crippen LogP contribution is -2.36. The van der Waals surface area contributed by atoms with E-state index in [1.807, 2.05) is 13.0 Å². The standard InChI is InChI=1S/C11H21NO3/c1-5-6-9(2)11(14)12(3)7-10(13)8-15-4/h6,10,13H,5,7-8H2,1-4H3. The number of allylic oxidation sites excluding steroid dienone is 1. The summed E-state index contributed by atoms with van der Waals surface area (Å²) < 4.78 is 4.79. The summed E-state index contributed by atoms with van der Waals surface area (Å²) in [6.07, 6.45) is 2.09. The van der Waals surface area contributed by atoms with Crippen LogP contribution in [-0.4, -0.2) is 49.3 Å². The third-order valence-corrected chi connectivity index (χ3v) is 2.04. The van der Waals surface area contributed by atoms with Gasteiger partial charge in [0.2, 0.25) is 5.91 Å². The highest BCUT2D eigenvalue weighted by molar-refractivity contribution is 5.92. The van der Waals surface area contributed by atoms with Crippen molar-refractivity contribution in [1.29, 1.82) is 0 Å². The minimum absolute atomic E-state index is 0.0491. The normalized spacial score (nSPS) is 13.8. The molecule has 0 aliphatic rings. The third kappa shape index (κ3) is 5.54. The van der Waals surface area contributed by atoms with Gasteiger partial charge in [-0.3, -0.25) is 4.79 Å². The molecule has 1 N–H and O–H groups in total. The number of amides is 1. The van der Waals surface area contributed by atoms with Crippen LogP contribution in [0.4, 0.5) is 0 Å². The number of nitrogens with zero attached hydrogens (tertiary/aromatic N) is 1. The van der Waals surface area contributed by atoms with Crippen LogP contribution >= 0.6 is 0 Å². The highest BCUT2D eigenvalue weighted by atomic mass is 16.5. The Kier molecular flexibility index (Phi) is 6.99. The summed E-state index contributed by atoms with van der Waals surface area (Å²) in [7, 11) is 3.20. The van der Waals surface area contributed by atoms with Gasteiger partial charge in [-0.25, -0.2) is 0 Å². The maximum absolute atomic E-state index is 11.7. The molecule has 0 heterocycles. The van der Waals surface area contributed by atoms with Crippen LogP contribution in [0.15, 0.2) is 11.6 Å². The van der Waals surface area contributed by atoms with Crippen molar-refractivity contribution < 1.29 is 14.6 Å². The molecule has 0 saturated carbocycles. The van der Waals surface area contributed by atoms with Crippen LogP contribution in [0.3, 0.4) is 0 Å². The van der Waals surface area contributed by atoms with E-state index in [9.17, 15) is 9.90 Å². The number of carbonyl (C=O) groups excluding carboxylic acids is 1. The van der Waals surface area contributed by atoms with E-state index in [4.69, 9.17) is 4.74 Å². The molecule has 0 aromatic heterocycles. The molecule has 15 heavy (non-hydrogen) atoms. The topological polar surface area (TPSA) is 49.8 Å². The number of likely N-dealkylation sites (N-methyl/N-ethyl adjacent to an activating group) is 1. The summed E-state index contributed by atoms with van der Waals surface area (Å²) in [6, 6.07) is 0. The van der Waals surface area contributed by atoms with Gasteiger partial charge in [-0.15, -0.1) is 0 Å². The number of hydrogen-bond donors (Lipinski definition) is 1. The largest absolute Gasteiger partial charge is 0.389 e. The van der Waals surface area contributed by atoms with Gasteiger partial charge in [0.15, 0.2) is 0 Å². The zero-order chi connectivity index (χ0) is 11.8. The van der Waals surface area contributed by atoms with E-state index in [-0.39, 0.29) is 12.5 Å². The number of hydrogen-bond acceptors (Lipinski definition) is 3. The van der Waals surface area contributed by atoms with E-state index in [1.54, 1.807) is 14.0 Å². The monoisotopic (exact) mass is 215 g/mol. The van der Waals surface area contributed by atoms with Crippen molar-refractivity contribution in [1.82, 2.24) is 4.90 Å². The molecule has 0 rings (SSSR count). The minimum Gasteiger partial charge on any atom is -0.389 e. The van der Waals surface area contributed by atoms with Gasteiger partial charge in [-0.05, 0) is 13.3 Å². The third-order valence-electron chi connectivity index (χ3n) is 2.04. The van der Waals surface area contributed by atoms with Crippen LogP contribution in [0.1, 0.15) is 20.3 Å². The van der Waals surface area contributed by atoms with Crippen LogP contribution in [0, 0.1) is 0 Å². The van der Waals surface area contributed by atoms with Crippen molar-refractivity contribution in [2.24, 2.45) is 0 Å². The Bertz CT molecular complexity index is 226. The zero-order valence-electron chi connectivity index (χ0n) is 9.99. The molecule has 0 aliphatic carbocycles. The first-order valence-corrected chi connectivity index (χ1v) is 5.12. The van der Waals surface area contributed by atoms with Gasteiger partial charge in [0, 0.05) is 26.3 Å². The number of aliphatic hydroxyl groups excluding tert-OH is 1. The maximum atomic E-state index is 11.7. The smallest absolute Gasteiger partial charge is 0.248 e. The number of ether oxygens (including phenoxy) is 1. The molecule has 4 heteroatoms. The fourth-order valence-electron chi connectivity index (χ4n) is 1.34. The van der Waals surface area contributed by atoms with Gasteiger partial charge in [-0.2, -0.15) is 0 Å². The molecule has 4 nitrogen and oxygen atoms in total. The lowest BCUT2D eigenvalue weighted by atomic mass is 10.2. The van der Waals surface area contributed by atoms with Crippen molar-refractivity contribution in [3.63, 3.8) is 0 Å². The zero-order valence-corrected chi connectivity index (χ0v) is 9.99. The Morgan fingerprint density at radius 2 is 2.20 bits per heavy atom. The molecular weight excluding hydrogens is 194 g/mol. The predicted octanol–water partition coefficient (Wildman–Crippen LogP) is 0.808. The summed E-state index contributed by atoms with van der Waals surface area (Å²) in [6.45, 7) is 4.30. The summed E-state index contributed by atoms with van der Waals surface area (Å²) in [5.74, 6) is -0.0491. The van der Waals surface area contributed by atoms with Crippen molar-refractivity contribution in [3.05, 3.63) is 11.6 Å². The first kappa shape index (κ1) is 14.1. The highest BCUT2D eigenvalue weighted by Gasteiger charge is 2.14. The molecule has 88 valence electrons. The van der Waals surface area contributed by atoms with Crippen LogP contribution in [-0.2, 0) is 9.53 Å². The summed E-state index contributed by atoms with van der Waals surface area (Å²) in [5, 5.41) is 9.44. The van der Waals surface area contributed by atoms with Gasteiger partial charge in [0.1, 0.15) is 0 Å². The van der Waals surface area contributed by atoms with Crippen molar-refractivity contribution >= 4 is 5.91 Å². The first-order chi connectivity index (χ1) is 7.02. The van der Waals surface area contributed by atoms with E-state index >= 15 is 0 Å². The molecule has 1 atom stereocenters. The summed E-state index contributed by atoms with van der Waals surface area (Å²) in [4.78, 5) is 13.2. The molecule has 0 bridgehead atoms. The van der Waals surface area contributed by atoms with Crippen molar-refractivity contribution in [2.75, 3.05) is 27.3 Å². The van der Waals surface area contributed by atoms with Crippen LogP contribution in [0.5, 0.6) is 0 Å². The highest BCUT2D eigenvalue weighted by Crippen LogP contribution is 2.01. The predicted molar refractivity (Wildman–Crippen MR) is 59.6 cm³/mol. The number of aliphatic hydroxyl groups is 1. The van der Waals surface area contributed by atoms with Gasteiger partial charge >= 0.3 is 0 Å². The van der Waals surface area contributed by atoms with E-state index in [1.165, 1.54) is 12.0 Å². The maximum Gasteiger partial charge on any atom is 0.248 e. The lowest BCUT2D eigenvalue weighted by Gasteiger charge is -2.20. The molecular formula is C11H21NO3. The Morgan fingerprint density at radius 3 is 2.67 bits per heavy atom. The van der Waals surface area contributed by atoms with Gasteiger partial charge in [-0.1, -0.05) is 13.0 Å². The van der Waals surface area contributed by atoms with Crippen molar-refractivity contribution in [3.8, 4) is 0 Å². The molecule has 0 aromatic rings. The van der Waals surface area contributed by atoms with E-state index in [0.717, 1.165) is 6.42 Å². The summed E-state index contributed by atoms with van der Waals surface area (Å²) >= 11 is 0. The minimum atomic E-state index is -0.627. The second-order valence-electron chi connectivity index (χ2n) is 3.59. The first-order valence-electron chi connectivity index (χ1n) is 5.12. The lowest BCUT2D eigenvalue weighted by molar-refractivity contribution is -0.127. The number of carbonyl (C=O) groups is 1. The van der Waals surface area contributed by atoms with Gasteiger partial charge in [0.05, 0.1) is 12.7 Å². The van der Waals surface area contributed by atoms with E-state index in [2.05, 4.69) is 0 Å². The van der Waals surface area contributed by atoms with Gasteiger partial charge in [0.25, 0.3) is 0 Å². The molecule has 0 fully saturated rings. The Labute approximate surface area is 91.5 Å². The Morgan fingerprint density at radius 1 is 1.60 bits per heavy atom. The Hall–Kier alpha value is -0.870. The summed E-state index contributed by atoms with van der Waals surface area (Å²) in [5.41, 5.74) is 0.713. The second-order valence-corrected chi connectivity index (χ2v) is 3.59. The molecule has 0 radical (unpaired) electrons. The molecule has 0 aromatic carbocycles. The molecule has 1 unspecified atom stereocenters. The van der Waals surface area contributed by atoms with Crippen LogP contribution in [0.25, 0.3) is 0 Å². The molecule has 0 saturated heterocycles. The van der Waals surface area contributed by atoms with E-state index < -0.39 is 6.10 Å². The van der Waals surface area contributed by atoms with Crippen LogP contribution in [0.2, 0.25) is 0 Å². The number of methoxy groups -OCH3 is 1. The quantitative estimate of drug-likeness (QED) is 0.667. The van der Waals surface area contributed by atoms with Crippen LogP contribution < -0.4 is 0 Å². The SMILES string of the molecule is CCC=C(C)C(=O)N(C)CC(O)COC. The Balaban J connectivity index is 4.15.